The predicted octanol–water partition coefficient (Wildman–Crippen LogP) is 2.87. The fourth-order valence-corrected chi connectivity index (χ4v) is 2.02. The maximum Gasteiger partial charge on any atom is 0.303 e. The van der Waals surface area contributed by atoms with Gasteiger partial charge in [-0.2, -0.15) is 0 Å². The summed E-state index contributed by atoms with van der Waals surface area (Å²) in [5.74, 6) is -0.765. The van der Waals surface area contributed by atoms with E-state index in [9.17, 15) is 4.79 Å². The lowest BCUT2D eigenvalue weighted by molar-refractivity contribution is -0.136. The third-order valence-electron chi connectivity index (χ3n) is 2.84. The van der Waals surface area contributed by atoms with E-state index in [0.29, 0.717) is 6.42 Å². The van der Waals surface area contributed by atoms with Crippen molar-refractivity contribution in [2.24, 2.45) is 0 Å². The molecule has 0 aliphatic heterocycles. The van der Waals surface area contributed by atoms with Crippen LogP contribution in [0.25, 0.3) is 10.9 Å². The van der Waals surface area contributed by atoms with Crippen LogP contribution in [0, 0.1) is 13.8 Å². The number of carboxylic acids is 1. The zero-order chi connectivity index (χ0) is 12.4. The van der Waals surface area contributed by atoms with Gasteiger partial charge in [0, 0.05) is 17.5 Å². The topological polar surface area (TPSA) is 50.2 Å². The summed E-state index contributed by atoms with van der Waals surface area (Å²) >= 11 is 0. The Bertz CT molecular complexity index is 576. The molecular weight excluding hydrogens is 214 g/mol. The van der Waals surface area contributed by atoms with Crippen molar-refractivity contribution in [3.63, 3.8) is 0 Å². The SMILES string of the molecule is Cc1cc(C)c2ccc(CCC(=O)O)cc2n1. The molecule has 3 nitrogen and oxygen atoms in total. The minimum absolute atomic E-state index is 0.163. The summed E-state index contributed by atoms with van der Waals surface area (Å²) in [6.07, 6.45) is 0.718. The highest BCUT2D eigenvalue weighted by molar-refractivity contribution is 5.83. The number of aliphatic carboxylic acids is 1. The van der Waals surface area contributed by atoms with Crippen LogP contribution in [0.4, 0.5) is 0 Å². The number of hydrogen-bond acceptors (Lipinski definition) is 2. The number of benzene rings is 1. The molecule has 0 radical (unpaired) electrons. The molecule has 0 atom stereocenters. The van der Waals surface area contributed by atoms with Crippen LogP contribution in [0.3, 0.4) is 0 Å². The van der Waals surface area contributed by atoms with E-state index in [0.717, 1.165) is 22.2 Å². The summed E-state index contributed by atoms with van der Waals surface area (Å²) in [4.78, 5) is 15.0. The maximum atomic E-state index is 10.5. The molecular formula is C14H15NO2. The van der Waals surface area contributed by atoms with Gasteiger partial charge in [-0.15, -0.1) is 0 Å². The van der Waals surface area contributed by atoms with E-state index in [4.69, 9.17) is 5.11 Å². The van der Waals surface area contributed by atoms with Gasteiger partial charge in [-0.25, -0.2) is 0 Å². The molecule has 1 N–H and O–H groups in total. The highest BCUT2D eigenvalue weighted by atomic mass is 16.4. The molecule has 1 aromatic carbocycles. The summed E-state index contributed by atoms with van der Waals surface area (Å²) in [7, 11) is 0. The van der Waals surface area contributed by atoms with E-state index < -0.39 is 5.97 Å². The number of fused-ring (bicyclic) bond motifs is 1. The second-order valence-corrected chi connectivity index (χ2v) is 4.33. The van der Waals surface area contributed by atoms with Gasteiger partial charge in [0.2, 0.25) is 0 Å². The lowest BCUT2D eigenvalue weighted by Gasteiger charge is -2.05. The molecule has 0 fully saturated rings. The van der Waals surface area contributed by atoms with Crippen molar-refractivity contribution >= 4 is 16.9 Å². The van der Waals surface area contributed by atoms with Gasteiger partial charge < -0.3 is 5.11 Å². The Morgan fingerprint density at radius 3 is 2.76 bits per heavy atom. The van der Waals surface area contributed by atoms with E-state index in [1.165, 1.54) is 5.56 Å². The molecule has 1 aromatic heterocycles. The smallest absolute Gasteiger partial charge is 0.303 e. The van der Waals surface area contributed by atoms with Crippen molar-refractivity contribution in [3.8, 4) is 0 Å². The standard InChI is InChI=1S/C14H15NO2/c1-9-7-10(2)15-13-8-11(3-5-12(9)13)4-6-14(16)17/h3,5,7-8H,4,6H2,1-2H3,(H,16,17). The van der Waals surface area contributed by atoms with E-state index in [2.05, 4.69) is 18.0 Å². The molecule has 0 spiro atoms. The monoisotopic (exact) mass is 229 g/mol. The number of hydrogen-bond donors (Lipinski definition) is 1. The summed E-state index contributed by atoms with van der Waals surface area (Å²) in [5.41, 5.74) is 4.17. The minimum Gasteiger partial charge on any atom is -0.481 e. The zero-order valence-corrected chi connectivity index (χ0v) is 10.0. The number of carboxylic acid groups (broad SMARTS) is 1. The molecule has 88 valence electrons. The van der Waals surface area contributed by atoms with Crippen LogP contribution in [0.1, 0.15) is 23.2 Å². The summed E-state index contributed by atoms with van der Waals surface area (Å²) in [6.45, 7) is 4.03. The van der Waals surface area contributed by atoms with Gasteiger partial charge in [0.25, 0.3) is 0 Å². The van der Waals surface area contributed by atoms with Crippen molar-refractivity contribution in [1.29, 1.82) is 0 Å². The molecule has 0 aliphatic carbocycles. The summed E-state index contributed by atoms with van der Waals surface area (Å²) in [5, 5.41) is 9.79. The third kappa shape index (κ3) is 2.61. The molecule has 3 heteroatoms. The second kappa shape index (κ2) is 4.53. The fraction of sp³-hybridized carbons (Fsp3) is 0.286. The number of pyridine rings is 1. The van der Waals surface area contributed by atoms with Gasteiger partial charge >= 0.3 is 5.97 Å². The average molecular weight is 229 g/mol. The first-order valence-electron chi connectivity index (χ1n) is 5.65. The van der Waals surface area contributed by atoms with Crippen LogP contribution in [-0.4, -0.2) is 16.1 Å². The Hall–Kier alpha value is -1.90. The number of aromatic nitrogens is 1. The molecule has 0 saturated carbocycles. The van der Waals surface area contributed by atoms with Crippen molar-refractivity contribution < 1.29 is 9.90 Å². The fourth-order valence-electron chi connectivity index (χ4n) is 2.02. The van der Waals surface area contributed by atoms with Gasteiger partial charge in [0.15, 0.2) is 0 Å². The normalized spacial score (nSPS) is 10.7. The van der Waals surface area contributed by atoms with Gasteiger partial charge in [-0.05, 0) is 43.5 Å². The molecule has 2 rings (SSSR count). The summed E-state index contributed by atoms with van der Waals surface area (Å²) in [6, 6.07) is 8.04. The number of rotatable bonds is 3. The Labute approximate surface area is 100 Å². The van der Waals surface area contributed by atoms with Crippen molar-refractivity contribution in [2.45, 2.75) is 26.7 Å². The Kier molecular flexibility index (Phi) is 3.09. The maximum absolute atomic E-state index is 10.5. The molecule has 0 amide bonds. The zero-order valence-electron chi connectivity index (χ0n) is 10.0. The van der Waals surface area contributed by atoms with Crippen LogP contribution in [0.5, 0.6) is 0 Å². The van der Waals surface area contributed by atoms with E-state index in [1.54, 1.807) is 0 Å². The number of nitrogens with zero attached hydrogens (tertiary/aromatic N) is 1. The lowest BCUT2D eigenvalue weighted by atomic mass is 10.0. The van der Waals surface area contributed by atoms with Crippen molar-refractivity contribution in [2.75, 3.05) is 0 Å². The van der Waals surface area contributed by atoms with Gasteiger partial charge in [0.05, 0.1) is 5.52 Å². The van der Waals surface area contributed by atoms with Gasteiger partial charge in [-0.1, -0.05) is 12.1 Å². The molecule has 17 heavy (non-hydrogen) atoms. The quantitative estimate of drug-likeness (QED) is 0.880. The molecule has 0 aliphatic rings. The largest absolute Gasteiger partial charge is 0.481 e. The van der Waals surface area contributed by atoms with Crippen LogP contribution >= 0.6 is 0 Å². The minimum atomic E-state index is -0.765. The highest BCUT2D eigenvalue weighted by Crippen LogP contribution is 2.19. The molecule has 1 heterocycles. The number of carbonyl (C=O) groups is 1. The highest BCUT2D eigenvalue weighted by Gasteiger charge is 2.03. The Morgan fingerprint density at radius 2 is 2.06 bits per heavy atom. The Balaban J connectivity index is 2.39. The average Bonchev–Trinajstić information content (AvgIpc) is 2.25. The van der Waals surface area contributed by atoms with Crippen molar-refractivity contribution in [1.82, 2.24) is 4.98 Å². The first-order chi connectivity index (χ1) is 8.06. The summed E-state index contributed by atoms with van der Waals surface area (Å²) < 4.78 is 0. The van der Waals surface area contributed by atoms with Gasteiger partial charge in [-0.3, -0.25) is 9.78 Å². The van der Waals surface area contributed by atoms with Crippen molar-refractivity contribution in [3.05, 3.63) is 41.1 Å². The molecule has 2 aromatic rings. The molecule has 0 unspecified atom stereocenters. The second-order valence-electron chi connectivity index (χ2n) is 4.33. The molecule has 0 saturated heterocycles. The van der Waals surface area contributed by atoms with E-state index in [-0.39, 0.29) is 6.42 Å². The van der Waals surface area contributed by atoms with Gasteiger partial charge in [0.1, 0.15) is 0 Å². The van der Waals surface area contributed by atoms with Crippen LogP contribution in [0.15, 0.2) is 24.3 Å². The third-order valence-corrected chi connectivity index (χ3v) is 2.84. The lowest BCUT2D eigenvalue weighted by Crippen LogP contribution is -1.98. The van der Waals surface area contributed by atoms with E-state index >= 15 is 0 Å². The first-order valence-corrected chi connectivity index (χ1v) is 5.65. The van der Waals surface area contributed by atoms with Crippen LogP contribution in [-0.2, 0) is 11.2 Å². The number of aryl methyl sites for hydroxylation is 3. The Morgan fingerprint density at radius 1 is 1.29 bits per heavy atom. The molecule has 0 bridgehead atoms. The predicted molar refractivity (Wildman–Crippen MR) is 67.2 cm³/mol. The van der Waals surface area contributed by atoms with Crippen LogP contribution < -0.4 is 0 Å². The van der Waals surface area contributed by atoms with Crippen LogP contribution in [0.2, 0.25) is 0 Å². The van der Waals surface area contributed by atoms with E-state index in [1.807, 2.05) is 25.1 Å². The first kappa shape index (κ1) is 11.6.